The van der Waals surface area contributed by atoms with Crippen LogP contribution in [-0.4, -0.2) is 15.6 Å². The van der Waals surface area contributed by atoms with Crippen LogP contribution in [0.15, 0.2) is 23.0 Å². The van der Waals surface area contributed by atoms with Gasteiger partial charge >= 0.3 is 5.97 Å². The minimum atomic E-state index is -1.07. The number of carbonyl (C=O) groups is 1. The van der Waals surface area contributed by atoms with Crippen molar-refractivity contribution in [3.8, 4) is 0 Å². The predicted molar refractivity (Wildman–Crippen MR) is 65.6 cm³/mol. The highest BCUT2D eigenvalue weighted by molar-refractivity contribution is 6.04. The van der Waals surface area contributed by atoms with Crippen LogP contribution in [0, 0.1) is 13.8 Å². The summed E-state index contributed by atoms with van der Waals surface area (Å²) in [6, 6.07) is 4.94. The van der Waals surface area contributed by atoms with E-state index in [2.05, 4.69) is 0 Å². The van der Waals surface area contributed by atoms with Crippen LogP contribution >= 0.6 is 0 Å². The monoisotopic (exact) mass is 231 g/mol. The molecule has 1 aromatic carbocycles. The molecular formula is C13H13NO3. The Hall–Kier alpha value is -2.10. The largest absolute Gasteiger partial charge is 0.478 e. The van der Waals surface area contributed by atoms with Gasteiger partial charge in [-0.05, 0) is 25.0 Å². The number of nitrogens with zero attached hydrogens (tertiary/aromatic N) is 1. The van der Waals surface area contributed by atoms with Crippen LogP contribution in [0.4, 0.5) is 0 Å². The number of hydrogen-bond donors (Lipinski definition) is 1. The molecule has 2 rings (SSSR count). The van der Waals surface area contributed by atoms with Gasteiger partial charge in [0.25, 0.3) is 5.56 Å². The van der Waals surface area contributed by atoms with Crippen LogP contribution in [0.3, 0.4) is 0 Å². The fraction of sp³-hybridized carbons (Fsp3) is 0.231. The fourth-order valence-corrected chi connectivity index (χ4v) is 2.14. The Labute approximate surface area is 98.1 Å². The first-order valence-electron chi connectivity index (χ1n) is 5.26. The molecule has 1 N–H and O–H groups in total. The molecular weight excluding hydrogens is 218 g/mol. The van der Waals surface area contributed by atoms with Gasteiger partial charge in [0, 0.05) is 18.5 Å². The summed E-state index contributed by atoms with van der Waals surface area (Å²) in [5.74, 6) is -1.07. The Kier molecular flexibility index (Phi) is 2.50. The van der Waals surface area contributed by atoms with Gasteiger partial charge in [-0.3, -0.25) is 4.79 Å². The summed E-state index contributed by atoms with van der Waals surface area (Å²) in [4.78, 5) is 22.9. The summed E-state index contributed by atoms with van der Waals surface area (Å²) in [6.07, 6.45) is 0. The maximum Gasteiger partial charge on any atom is 0.336 e. The molecule has 0 amide bonds. The van der Waals surface area contributed by atoms with E-state index >= 15 is 0 Å². The van der Waals surface area contributed by atoms with Crippen molar-refractivity contribution >= 4 is 16.9 Å². The average molecular weight is 231 g/mol. The fourth-order valence-electron chi connectivity index (χ4n) is 2.14. The zero-order valence-corrected chi connectivity index (χ0v) is 9.94. The molecule has 0 saturated carbocycles. The quantitative estimate of drug-likeness (QED) is 0.814. The van der Waals surface area contributed by atoms with Crippen molar-refractivity contribution in [2.24, 2.45) is 7.05 Å². The SMILES string of the molecule is Cc1ccc(C)c2c1c(C(=O)O)cc(=O)n2C. The first kappa shape index (κ1) is 11.4. The van der Waals surface area contributed by atoms with Crippen LogP contribution in [-0.2, 0) is 7.05 Å². The van der Waals surface area contributed by atoms with Gasteiger partial charge in [-0.25, -0.2) is 4.79 Å². The summed E-state index contributed by atoms with van der Waals surface area (Å²) in [6.45, 7) is 3.71. The van der Waals surface area contributed by atoms with Crippen molar-refractivity contribution < 1.29 is 9.90 Å². The summed E-state index contributed by atoms with van der Waals surface area (Å²) in [7, 11) is 1.66. The van der Waals surface area contributed by atoms with Crippen LogP contribution in [0.2, 0.25) is 0 Å². The lowest BCUT2D eigenvalue weighted by atomic mass is 10.0. The molecule has 1 heterocycles. The zero-order chi connectivity index (χ0) is 12.7. The van der Waals surface area contributed by atoms with Crippen molar-refractivity contribution in [1.29, 1.82) is 0 Å². The van der Waals surface area contributed by atoms with E-state index in [1.807, 2.05) is 26.0 Å². The lowest BCUT2D eigenvalue weighted by Crippen LogP contribution is -2.20. The molecule has 0 bridgehead atoms. The molecule has 88 valence electrons. The van der Waals surface area contributed by atoms with Crippen LogP contribution in [0.25, 0.3) is 10.9 Å². The first-order valence-corrected chi connectivity index (χ1v) is 5.26. The van der Waals surface area contributed by atoms with Gasteiger partial charge in [0.1, 0.15) is 0 Å². The minimum Gasteiger partial charge on any atom is -0.478 e. The van der Waals surface area contributed by atoms with Gasteiger partial charge in [0.2, 0.25) is 0 Å². The Morgan fingerprint density at radius 3 is 2.41 bits per heavy atom. The second-order valence-corrected chi connectivity index (χ2v) is 4.18. The lowest BCUT2D eigenvalue weighted by Gasteiger charge is -2.12. The molecule has 17 heavy (non-hydrogen) atoms. The maximum atomic E-state index is 11.7. The van der Waals surface area contributed by atoms with E-state index in [1.54, 1.807) is 7.05 Å². The standard InChI is InChI=1S/C13H13NO3/c1-7-4-5-8(2)12-11(7)9(13(16)17)6-10(15)14(12)3/h4-6H,1-3H3,(H,16,17). The lowest BCUT2D eigenvalue weighted by molar-refractivity contribution is 0.0698. The molecule has 0 atom stereocenters. The molecule has 0 fully saturated rings. The first-order chi connectivity index (χ1) is 7.93. The van der Waals surface area contributed by atoms with Crippen LogP contribution in [0.5, 0.6) is 0 Å². The van der Waals surface area contributed by atoms with Crippen molar-refractivity contribution in [2.45, 2.75) is 13.8 Å². The normalized spacial score (nSPS) is 10.8. The van der Waals surface area contributed by atoms with Gasteiger partial charge in [-0.2, -0.15) is 0 Å². The van der Waals surface area contributed by atoms with Gasteiger partial charge in [0.05, 0.1) is 11.1 Å². The third kappa shape index (κ3) is 1.62. The second-order valence-electron chi connectivity index (χ2n) is 4.18. The molecule has 0 spiro atoms. The second kappa shape index (κ2) is 3.73. The zero-order valence-electron chi connectivity index (χ0n) is 9.94. The van der Waals surface area contributed by atoms with Gasteiger partial charge in [-0.1, -0.05) is 12.1 Å². The number of benzene rings is 1. The predicted octanol–water partition coefficient (Wildman–Crippen LogP) is 1.85. The number of aromatic carboxylic acids is 1. The number of aryl methyl sites for hydroxylation is 3. The van der Waals surface area contributed by atoms with Crippen LogP contribution in [0.1, 0.15) is 21.5 Å². The number of carboxylic acid groups (broad SMARTS) is 1. The van der Waals surface area contributed by atoms with E-state index in [9.17, 15) is 9.59 Å². The van der Waals surface area contributed by atoms with Crippen LogP contribution < -0.4 is 5.56 Å². The number of pyridine rings is 1. The van der Waals surface area contributed by atoms with E-state index in [0.717, 1.165) is 11.1 Å². The van der Waals surface area contributed by atoms with Gasteiger partial charge in [0.15, 0.2) is 0 Å². The highest BCUT2D eigenvalue weighted by atomic mass is 16.4. The molecule has 4 nitrogen and oxygen atoms in total. The number of aromatic nitrogens is 1. The van der Waals surface area contributed by atoms with Gasteiger partial charge in [-0.15, -0.1) is 0 Å². The Balaban J connectivity index is 3.15. The topological polar surface area (TPSA) is 59.3 Å². The molecule has 0 radical (unpaired) electrons. The number of carboxylic acids is 1. The van der Waals surface area contributed by atoms with E-state index in [4.69, 9.17) is 5.11 Å². The Bertz CT molecular complexity index is 683. The van der Waals surface area contributed by atoms with Crippen molar-refractivity contribution in [3.63, 3.8) is 0 Å². The summed E-state index contributed by atoms with van der Waals surface area (Å²) < 4.78 is 1.49. The molecule has 4 heteroatoms. The minimum absolute atomic E-state index is 0.0734. The molecule has 0 aliphatic carbocycles. The van der Waals surface area contributed by atoms with E-state index in [1.165, 1.54) is 10.6 Å². The molecule has 2 aromatic rings. The Morgan fingerprint density at radius 1 is 1.24 bits per heavy atom. The smallest absolute Gasteiger partial charge is 0.336 e. The number of hydrogen-bond acceptors (Lipinski definition) is 2. The van der Waals surface area contributed by atoms with E-state index < -0.39 is 5.97 Å². The highest BCUT2D eigenvalue weighted by Crippen LogP contribution is 2.23. The molecule has 0 aliphatic heterocycles. The highest BCUT2D eigenvalue weighted by Gasteiger charge is 2.15. The van der Waals surface area contributed by atoms with Crippen molar-refractivity contribution in [1.82, 2.24) is 4.57 Å². The Morgan fingerprint density at radius 2 is 1.82 bits per heavy atom. The van der Waals surface area contributed by atoms with Crippen molar-refractivity contribution in [2.75, 3.05) is 0 Å². The molecule has 0 unspecified atom stereocenters. The summed E-state index contributed by atoms with van der Waals surface area (Å²) in [5.41, 5.74) is 2.22. The van der Waals surface area contributed by atoms with Crippen molar-refractivity contribution in [3.05, 3.63) is 45.2 Å². The third-order valence-electron chi connectivity index (χ3n) is 3.02. The van der Waals surface area contributed by atoms with E-state index in [0.29, 0.717) is 10.9 Å². The summed E-state index contributed by atoms with van der Waals surface area (Å²) >= 11 is 0. The molecule has 1 aromatic heterocycles. The van der Waals surface area contributed by atoms with Gasteiger partial charge < -0.3 is 9.67 Å². The number of rotatable bonds is 1. The number of fused-ring (bicyclic) bond motifs is 1. The maximum absolute atomic E-state index is 11.7. The van der Waals surface area contributed by atoms with E-state index in [-0.39, 0.29) is 11.1 Å². The third-order valence-corrected chi connectivity index (χ3v) is 3.02. The molecule has 0 saturated heterocycles. The molecule has 0 aliphatic rings. The summed E-state index contributed by atoms with van der Waals surface area (Å²) in [5, 5.41) is 9.80. The average Bonchev–Trinajstić information content (AvgIpc) is 2.26.